The second-order valence-corrected chi connectivity index (χ2v) is 5.98. The summed E-state index contributed by atoms with van der Waals surface area (Å²) in [6.45, 7) is 4.16. The van der Waals surface area contributed by atoms with Crippen molar-refractivity contribution in [1.82, 2.24) is 10.2 Å². The van der Waals surface area contributed by atoms with Crippen molar-refractivity contribution < 1.29 is 9.59 Å². The Morgan fingerprint density at radius 2 is 1.89 bits per heavy atom. The molecule has 19 heavy (non-hydrogen) atoms. The minimum atomic E-state index is -0.408. The summed E-state index contributed by atoms with van der Waals surface area (Å²) in [4.78, 5) is 25.8. The van der Waals surface area contributed by atoms with E-state index in [4.69, 9.17) is 0 Å². The van der Waals surface area contributed by atoms with Gasteiger partial charge in [0.2, 0.25) is 11.8 Å². The maximum Gasteiger partial charge on any atom is 0.246 e. The van der Waals surface area contributed by atoms with Gasteiger partial charge in [0.25, 0.3) is 0 Å². The number of nitrogens with zero attached hydrogens (tertiary/aromatic N) is 1. The van der Waals surface area contributed by atoms with E-state index in [0.717, 1.165) is 9.13 Å². The van der Waals surface area contributed by atoms with Crippen molar-refractivity contribution in [2.75, 3.05) is 0 Å². The molecule has 1 saturated heterocycles. The van der Waals surface area contributed by atoms with Gasteiger partial charge in [0.05, 0.1) is 0 Å². The SMILES string of the molecule is CCC1NC(=O)C(C)N(Cc2ccc(I)cc2)C1=O. The first-order valence-corrected chi connectivity index (χ1v) is 7.46. The van der Waals surface area contributed by atoms with Crippen LogP contribution in [0.4, 0.5) is 0 Å². The number of benzene rings is 1. The molecule has 1 aliphatic rings. The van der Waals surface area contributed by atoms with Crippen LogP contribution >= 0.6 is 22.6 Å². The molecule has 5 heteroatoms. The van der Waals surface area contributed by atoms with E-state index in [9.17, 15) is 9.59 Å². The minimum Gasteiger partial charge on any atom is -0.343 e. The molecule has 1 aromatic rings. The van der Waals surface area contributed by atoms with Crippen molar-refractivity contribution in [3.05, 3.63) is 33.4 Å². The quantitative estimate of drug-likeness (QED) is 0.825. The average molecular weight is 372 g/mol. The van der Waals surface area contributed by atoms with Crippen LogP contribution < -0.4 is 5.32 Å². The minimum absolute atomic E-state index is 0.00755. The average Bonchev–Trinajstić information content (AvgIpc) is 2.41. The van der Waals surface area contributed by atoms with Crippen LogP contribution in [0.25, 0.3) is 0 Å². The fraction of sp³-hybridized carbons (Fsp3) is 0.429. The van der Waals surface area contributed by atoms with E-state index < -0.39 is 6.04 Å². The smallest absolute Gasteiger partial charge is 0.246 e. The lowest BCUT2D eigenvalue weighted by Crippen LogP contribution is -2.61. The molecule has 2 unspecified atom stereocenters. The van der Waals surface area contributed by atoms with Gasteiger partial charge in [-0.2, -0.15) is 0 Å². The highest BCUT2D eigenvalue weighted by molar-refractivity contribution is 14.1. The Labute approximate surface area is 126 Å². The highest BCUT2D eigenvalue weighted by atomic mass is 127. The van der Waals surface area contributed by atoms with Crippen molar-refractivity contribution in [3.8, 4) is 0 Å². The van der Waals surface area contributed by atoms with Crippen LogP contribution in [0.2, 0.25) is 0 Å². The van der Waals surface area contributed by atoms with E-state index in [1.54, 1.807) is 11.8 Å². The Balaban J connectivity index is 2.18. The third-order valence-corrected chi connectivity index (χ3v) is 4.14. The van der Waals surface area contributed by atoms with Crippen molar-refractivity contribution in [3.63, 3.8) is 0 Å². The van der Waals surface area contributed by atoms with Crippen LogP contribution in [-0.4, -0.2) is 28.8 Å². The Morgan fingerprint density at radius 3 is 2.47 bits per heavy atom. The van der Waals surface area contributed by atoms with Crippen LogP contribution in [-0.2, 0) is 16.1 Å². The standard InChI is InChI=1S/C14H17IN2O2/c1-3-12-14(19)17(9(2)13(18)16-12)8-10-4-6-11(15)7-5-10/h4-7,9,12H,3,8H2,1-2H3,(H,16,18). The fourth-order valence-corrected chi connectivity index (χ4v) is 2.52. The highest BCUT2D eigenvalue weighted by Crippen LogP contribution is 2.16. The molecule has 4 nitrogen and oxygen atoms in total. The lowest BCUT2D eigenvalue weighted by Gasteiger charge is -2.37. The van der Waals surface area contributed by atoms with Crippen molar-refractivity contribution in [2.24, 2.45) is 0 Å². The molecule has 0 radical (unpaired) electrons. The summed E-state index contributed by atoms with van der Waals surface area (Å²) in [6, 6.07) is 7.21. The third kappa shape index (κ3) is 3.08. The lowest BCUT2D eigenvalue weighted by atomic mass is 10.1. The van der Waals surface area contributed by atoms with E-state index >= 15 is 0 Å². The summed E-state index contributed by atoms with van der Waals surface area (Å²) in [5.74, 6) is -0.0647. The van der Waals surface area contributed by atoms with Gasteiger partial charge in [0.15, 0.2) is 0 Å². The zero-order chi connectivity index (χ0) is 14.0. The maximum atomic E-state index is 12.3. The third-order valence-electron chi connectivity index (χ3n) is 3.42. The van der Waals surface area contributed by atoms with Gasteiger partial charge in [-0.15, -0.1) is 0 Å². The number of halogens is 1. The van der Waals surface area contributed by atoms with E-state index in [2.05, 4.69) is 27.9 Å². The molecule has 2 amide bonds. The monoisotopic (exact) mass is 372 g/mol. The van der Waals surface area contributed by atoms with Gasteiger partial charge in [0, 0.05) is 10.1 Å². The van der Waals surface area contributed by atoms with E-state index in [-0.39, 0.29) is 17.9 Å². The second-order valence-electron chi connectivity index (χ2n) is 4.74. The van der Waals surface area contributed by atoms with Gasteiger partial charge < -0.3 is 10.2 Å². The highest BCUT2D eigenvalue weighted by Gasteiger charge is 2.36. The zero-order valence-corrected chi connectivity index (χ0v) is 13.2. The predicted octanol–water partition coefficient (Wildman–Crippen LogP) is 1.92. The molecule has 0 saturated carbocycles. The largest absolute Gasteiger partial charge is 0.343 e. The predicted molar refractivity (Wildman–Crippen MR) is 81.4 cm³/mol. The number of amides is 2. The molecular weight excluding hydrogens is 355 g/mol. The van der Waals surface area contributed by atoms with Crippen molar-refractivity contribution >= 4 is 34.4 Å². The Morgan fingerprint density at radius 1 is 1.26 bits per heavy atom. The molecule has 2 atom stereocenters. The topological polar surface area (TPSA) is 49.4 Å². The van der Waals surface area contributed by atoms with Crippen LogP contribution in [0.3, 0.4) is 0 Å². The first kappa shape index (κ1) is 14.3. The summed E-state index contributed by atoms with van der Waals surface area (Å²) in [5, 5.41) is 2.76. The number of carbonyl (C=O) groups is 2. The maximum absolute atomic E-state index is 12.3. The van der Waals surface area contributed by atoms with Gasteiger partial charge in [-0.1, -0.05) is 19.1 Å². The number of piperazine rings is 1. The molecule has 1 heterocycles. The van der Waals surface area contributed by atoms with Gasteiger partial charge in [0.1, 0.15) is 12.1 Å². The first-order chi connectivity index (χ1) is 9.02. The molecule has 1 N–H and O–H groups in total. The molecule has 1 aromatic carbocycles. The molecule has 2 rings (SSSR count). The number of hydrogen-bond acceptors (Lipinski definition) is 2. The van der Waals surface area contributed by atoms with Gasteiger partial charge in [-0.05, 0) is 53.6 Å². The summed E-state index contributed by atoms with van der Waals surface area (Å²) in [5.41, 5.74) is 1.05. The number of carbonyl (C=O) groups excluding carboxylic acids is 2. The summed E-state index contributed by atoms with van der Waals surface area (Å²) >= 11 is 2.24. The number of rotatable bonds is 3. The molecular formula is C14H17IN2O2. The number of hydrogen-bond donors (Lipinski definition) is 1. The molecule has 1 aliphatic heterocycles. The Kier molecular flexibility index (Phi) is 4.44. The van der Waals surface area contributed by atoms with Crippen molar-refractivity contribution in [1.29, 1.82) is 0 Å². The summed E-state index contributed by atoms with van der Waals surface area (Å²) in [7, 11) is 0. The fourth-order valence-electron chi connectivity index (χ4n) is 2.16. The molecule has 0 aliphatic carbocycles. The summed E-state index contributed by atoms with van der Waals surface area (Å²) in [6.07, 6.45) is 0.625. The normalized spacial score (nSPS) is 23.4. The molecule has 0 spiro atoms. The molecule has 0 aromatic heterocycles. The van der Waals surface area contributed by atoms with Crippen LogP contribution in [0, 0.1) is 3.57 Å². The van der Waals surface area contributed by atoms with Gasteiger partial charge in [-0.3, -0.25) is 9.59 Å². The number of nitrogens with one attached hydrogen (secondary N) is 1. The molecule has 1 fully saturated rings. The molecule has 0 bridgehead atoms. The van der Waals surface area contributed by atoms with E-state index in [1.807, 2.05) is 31.2 Å². The van der Waals surface area contributed by atoms with Crippen LogP contribution in [0.15, 0.2) is 24.3 Å². The summed E-state index contributed by atoms with van der Waals surface area (Å²) < 4.78 is 1.16. The Bertz CT molecular complexity index is 487. The van der Waals surface area contributed by atoms with Gasteiger partial charge in [-0.25, -0.2) is 0 Å². The Hall–Kier alpha value is -1.11. The molecule has 102 valence electrons. The second kappa shape index (κ2) is 5.90. The van der Waals surface area contributed by atoms with Crippen molar-refractivity contribution in [2.45, 2.75) is 38.9 Å². The van der Waals surface area contributed by atoms with E-state index in [0.29, 0.717) is 13.0 Å². The lowest BCUT2D eigenvalue weighted by molar-refractivity contribution is -0.149. The van der Waals surface area contributed by atoms with E-state index in [1.165, 1.54) is 0 Å². The van der Waals surface area contributed by atoms with Gasteiger partial charge >= 0.3 is 0 Å². The van der Waals surface area contributed by atoms with Crippen LogP contribution in [0.5, 0.6) is 0 Å². The zero-order valence-electron chi connectivity index (χ0n) is 11.0. The van der Waals surface area contributed by atoms with Crippen LogP contribution in [0.1, 0.15) is 25.8 Å². The first-order valence-electron chi connectivity index (χ1n) is 6.38.